The van der Waals surface area contributed by atoms with Crippen molar-refractivity contribution in [3.05, 3.63) is 38.0 Å². The van der Waals surface area contributed by atoms with Crippen LogP contribution in [0.3, 0.4) is 0 Å². The van der Waals surface area contributed by atoms with Crippen LogP contribution in [0.15, 0.2) is 23.3 Å². The maximum absolute atomic E-state index is 4.36. The third-order valence-corrected chi connectivity index (χ3v) is 5.22. The first-order valence-corrected chi connectivity index (χ1v) is 8.78. The van der Waals surface area contributed by atoms with Crippen LogP contribution >= 0.6 is 22.7 Å². The standard InChI is InChI=1S/C15H22N4S2/c1-4-12-5-6-13(21-12)10-19-15(16-3)17-8-7-14-18-9-11(2)20-14/h5-6,9H,4,7-8,10H2,1-3H3,(H2,16,17,19). The Morgan fingerprint density at radius 2 is 2.05 bits per heavy atom. The smallest absolute Gasteiger partial charge is 0.191 e. The number of rotatable bonds is 6. The van der Waals surface area contributed by atoms with Gasteiger partial charge in [0.2, 0.25) is 0 Å². The molecule has 4 nitrogen and oxygen atoms in total. The third-order valence-electron chi connectivity index (χ3n) is 3.02. The Morgan fingerprint density at radius 3 is 2.67 bits per heavy atom. The van der Waals surface area contributed by atoms with Crippen LogP contribution in [0.2, 0.25) is 0 Å². The SMILES string of the molecule is CCc1ccc(CNC(=NC)NCCc2ncc(C)s2)s1. The molecule has 0 atom stereocenters. The molecule has 114 valence electrons. The molecule has 0 unspecified atom stereocenters. The number of thiazole rings is 1. The molecule has 21 heavy (non-hydrogen) atoms. The molecule has 0 spiro atoms. The Labute approximate surface area is 134 Å². The van der Waals surface area contributed by atoms with Gasteiger partial charge in [-0.05, 0) is 25.5 Å². The molecular weight excluding hydrogens is 300 g/mol. The van der Waals surface area contributed by atoms with E-state index in [9.17, 15) is 0 Å². The fourth-order valence-corrected chi connectivity index (χ4v) is 3.59. The van der Waals surface area contributed by atoms with Gasteiger partial charge in [-0.15, -0.1) is 22.7 Å². The van der Waals surface area contributed by atoms with Crippen LogP contribution in [0, 0.1) is 6.92 Å². The Balaban J connectivity index is 1.73. The van der Waals surface area contributed by atoms with Crippen LogP contribution in [0.5, 0.6) is 0 Å². The van der Waals surface area contributed by atoms with Gasteiger partial charge in [-0.3, -0.25) is 4.99 Å². The van der Waals surface area contributed by atoms with E-state index in [-0.39, 0.29) is 0 Å². The molecule has 0 saturated heterocycles. The monoisotopic (exact) mass is 322 g/mol. The highest BCUT2D eigenvalue weighted by atomic mass is 32.1. The van der Waals surface area contributed by atoms with Gasteiger partial charge < -0.3 is 10.6 Å². The van der Waals surface area contributed by atoms with Crippen molar-refractivity contribution < 1.29 is 0 Å². The molecule has 0 aliphatic rings. The quantitative estimate of drug-likeness (QED) is 0.635. The van der Waals surface area contributed by atoms with E-state index in [4.69, 9.17) is 0 Å². The van der Waals surface area contributed by atoms with Crippen molar-refractivity contribution >= 4 is 28.6 Å². The number of guanidine groups is 1. The average Bonchev–Trinajstić information content (AvgIpc) is 3.11. The number of aliphatic imine (C=N–C) groups is 1. The van der Waals surface area contributed by atoms with E-state index in [1.807, 2.05) is 17.5 Å². The molecular formula is C15H22N4S2. The van der Waals surface area contributed by atoms with Crippen LogP contribution in [-0.4, -0.2) is 24.5 Å². The summed E-state index contributed by atoms with van der Waals surface area (Å²) in [5.74, 6) is 0.842. The first kappa shape index (κ1) is 16.0. The first-order valence-electron chi connectivity index (χ1n) is 7.14. The molecule has 0 aliphatic carbocycles. The van der Waals surface area contributed by atoms with Gasteiger partial charge in [-0.1, -0.05) is 6.92 Å². The van der Waals surface area contributed by atoms with Crippen LogP contribution in [-0.2, 0) is 19.4 Å². The summed E-state index contributed by atoms with van der Waals surface area (Å²) in [6, 6.07) is 4.38. The van der Waals surface area contributed by atoms with Crippen molar-refractivity contribution in [2.24, 2.45) is 4.99 Å². The van der Waals surface area contributed by atoms with E-state index < -0.39 is 0 Å². The van der Waals surface area contributed by atoms with Gasteiger partial charge in [0.25, 0.3) is 0 Å². The number of aryl methyl sites for hydroxylation is 2. The zero-order valence-electron chi connectivity index (χ0n) is 12.8. The Morgan fingerprint density at radius 1 is 1.24 bits per heavy atom. The van der Waals surface area contributed by atoms with Crippen LogP contribution < -0.4 is 10.6 Å². The Bertz CT molecular complexity index is 586. The topological polar surface area (TPSA) is 49.3 Å². The Hall–Kier alpha value is -1.40. The summed E-state index contributed by atoms with van der Waals surface area (Å²) in [6.07, 6.45) is 3.96. The molecule has 2 aromatic rings. The van der Waals surface area contributed by atoms with Crippen molar-refractivity contribution in [1.82, 2.24) is 15.6 Å². The lowest BCUT2D eigenvalue weighted by Crippen LogP contribution is -2.37. The molecule has 6 heteroatoms. The van der Waals surface area contributed by atoms with Crippen LogP contribution in [0.4, 0.5) is 0 Å². The Kier molecular flexibility index (Phi) is 6.20. The number of aromatic nitrogens is 1. The number of thiophene rings is 1. The summed E-state index contributed by atoms with van der Waals surface area (Å²) in [5, 5.41) is 7.84. The minimum absolute atomic E-state index is 0.820. The van der Waals surface area contributed by atoms with Crippen LogP contribution in [0.25, 0.3) is 0 Å². The second-order valence-corrected chi connectivity index (χ2v) is 7.26. The van der Waals surface area contributed by atoms with Crippen molar-refractivity contribution in [2.75, 3.05) is 13.6 Å². The fourth-order valence-electron chi connectivity index (χ4n) is 1.90. The molecule has 0 saturated carbocycles. The number of nitrogens with one attached hydrogen (secondary N) is 2. The minimum Gasteiger partial charge on any atom is -0.356 e. The van der Waals surface area contributed by atoms with Crippen LogP contribution in [0.1, 0.15) is 26.6 Å². The second kappa shape index (κ2) is 8.14. The maximum Gasteiger partial charge on any atom is 0.191 e. The lowest BCUT2D eigenvalue weighted by atomic mass is 10.3. The molecule has 2 rings (SSSR count). The number of hydrogen-bond acceptors (Lipinski definition) is 4. The average molecular weight is 323 g/mol. The van der Waals surface area contributed by atoms with Gasteiger partial charge in [-0.25, -0.2) is 4.98 Å². The van der Waals surface area contributed by atoms with Gasteiger partial charge in [0, 0.05) is 40.8 Å². The van der Waals surface area contributed by atoms with Crippen molar-refractivity contribution in [2.45, 2.75) is 33.2 Å². The summed E-state index contributed by atoms with van der Waals surface area (Å²) in [4.78, 5) is 12.6. The summed E-state index contributed by atoms with van der Waals surface area (Å²) < 4.78 is 0. The summed E-state index contributed by atoms with van der Waals surface area (Å²) in [6.45, 7) is 5.93. The number of nitrogens with zero attached hydrogens (tertiary/aromatic N) is 2. The normalized spacial score (nSPS) is 11.7. The van der Waals surface area contributed by atoms with Gasteiger partial charge in [0.15, 0.2) is 5.96 Å². The van der Waals surface area contributed by atoms with E-state index in [2.05, 4.69) is 46.6 Å². The van der Waals surface area contributed by atoms with Gasteiger partial charge >= 0.3 is 0 Å². The van der Waals surface area contributed by atoms with E-state index in [1.54, 1.807) is 18.4 Å². The van der Waals surface area contributed by atoms with Gasteiger partial charge in [0.1, 0.15) is 0 Å². The molecule has 2 heterocycles. The highest BCUT2D eigenvalue weighted by molar-refractivity contribution is 7.12. The zero-order valence-corrected chi connectivity index (χ0v) is 14.4. The summed E-state index contributed by atoms with van der Waals surface area (Å²) in [5.41, 5.74) is 0. The molecule has 0 bridgehead atoms. The number of hydrogen-bond donors (Lipinski definition) is 2. The lowest BCUT2D eigenvalue weighted by Gasteiger charge is -2.10. The van der Waals surface area contributed by atoms with Crippen molar-refractivity contribution in [1.29, 1.82) is 0 Å². The molecule has 0 aromatic carbocycles. The van der Waals surface area contributed by atoms with Crippen molar-refractivity contribution in [3.63, 3.8) is 0 Å². The maximum atomic E-state index is 4.36. The predicted molar refractivity (Wildman–Crippen MR) is 92.5 cm³/mol. The summed E-state index contributed by atoms with van der Waals surface area (Å²) in [7, 11) is 1.80. The first-order chi connectivity index (χ1) is 10.2. The minimum atomic E-state index is 0.820. The highest BCUT2D eigenvalue weighted by Crippen LogP contribution is 2.16. The van der Waals surface area contributed by atoms with E-state index in [0.717, 1.165) is 31.9 Å². The van der Waals surface area contributed by atoms with Gasteiger partial charge in [0.05, 0.1) is 11.6 Å². The zero-order chi connectivity index (χ0) is 15.1. The highest BCUT2D eigenvalue weighted by Gasteiger charge is 2.02. The van der Waals surface area contributed by atoms with E-state index in [0.29, 0.717) is 0 Å². The largest absolute Gasteiger partial charge is 0.356 e. The molecule has 0 radical (unpaired) electrons. The van der Waals surface area contributed by atoms with Gasteiger partial charge in [-0.2, -0.15) is 0 Å². The van der Waals surface area contributed by atoms with Crippen molar-refractivity contribution in [3.8, 4) is 0 Å². The second-order valence-electron chi connectivity index (χ2n) is 4.69. The molecule has 0 fully saturated rings. The molecule has 0 amide bonds. The predicted octanol–water partition coefficient (Wildman–Crippen LogP) is 2.98. The third kappa shape index (κ3) is 5.13. The van der Waals surface area contributed by atoms with E-state index in [1.165, 1.54) is 19.6 Å². The fraction of sp³-hybridized carbons (Fsp3) is 0.467. The molecule has 2 aromatic heterocycles. The summed E-state index contributed by atoms with van der Waals surface area (Å²) >= 11 is 3.61. The molecule has 2 N–H and O–H groups in total. The molecule has 0 aliphatic heterocycles. The lowest BCUT2D eigenvalue weighted by molar-refractivity contribution is 0.796. The van der Waals surface area contributed by atoms with E-state index >= 15 is 0 Å².